The molecular weight excluding hydrogens is 186 g/mol. The molecular formula is C13H21NO. The number of aryl methyl sites for hydroxylation is 2. The highest BCUT2D eigenvalue weighted by Gasteiger charge is 2.19. The van der Waals surface area contributed by atoms with Gasteiger partial charge in [-0.3, -0.25) is 0 Å². The van der Waals surface area contributed by atoms with Crippen LogP contribution in [0, 0.1) is 13.8 Å². The lowest BCUT2D eigenvalue weighted by atomic mass is 9.94. The lowest BCUT2D eigenvalue weighted by molar-refractivity contribution is 0.0622. The molecule has 1 unspecified atom stereocenters. The van der Waals surface area contributed by atoms with E-state index in [0.29, 0.717) is 13.0 Å². The van der Waals surface area contributed by atoms with Gasteiger partial charge >= 0.3 is 0 Å². The number of nitrogens with one attached hydrogen (secondary N) is 1. The van der Waals surface area contributed by atoms with Crippen LogP contribution < -0.4 is 5.32 Å². The van der Waals surface area contributed by atoms with Gasteiger partial charge in [-0.05, 0) is 44.5 Å². The van der Waals surface area contributed by atoms with Gasteiger partial charge in [0.15, 0.2) is 0 Å². The normalized spacial score (nSPS) is 15.0. The van der Waals surface area contributed by atoms with Crippen molar-refractivity contribution in [3.8, 4) is 0 Å². The fourth-order valence-electron chi connectivity index (χ4n) is 1.80. The van der Waals surface area contributed by atoms with Crippen LogP contribution in [0.5, 0.6) is 0 Å². The molecule has 1 atom stereocenters. The fraction of sp³-hybridized carbons (Fsp3) is 0.538. The zero-order valence-electron chi connectivity index (χ0n) is 10.1. The van der Waals surface area contributed by atoms with E-state index in [0.717, 1.165) is 0 Å². The van der Waals surface area contributed by atoms with Crippen molar-refractivity contribution >= 4 is 0 Å². The number of benzene rings is 1. The summed E-state index contributed by atoms with van der Waals surface area (Å²) in [6.07, 6.45) is 0.689. The van der Waals surface area contributed by atoms with Crippen LogP contribution in [0.4, 0.5) is 0 Å². The minimum atomic E-state index is -0.670. The molecule has 0 heterocycles. The Hall–Kier alpha value is -0.860. The van der Waals surface area contributed by atoms with Gasteiger partial charge < -0.3 is 10.4 Å². The molecule has 2 nitrogen and oxygen atoms in total. The Balaban J connectivity index is 2.76. The largest absolute Gasteiger partial charge is 0.389 e. The molecule has 0 bridgehead atoms. The number of rotatable bonds is 4. The molecule has 0 amide bonds. The van der Waals surface area contributed by atoms with Gasteiger partial charge in [0.2, 0.25) is 0 Å². The Morgan fingerprint density at radius 3 is 2.47 bits per heavy atom. The Kier molecular flexibility index (Phi) is 3.89. The topological polar surface area (TPSA) is 32.3 Å². The van der Waals surface area contributed by atoms with Crippen molar-refractivity contribution < 1.29 is 5.11 Å². The number of aliphatic hydroxyl groups is 1. The zero-order valence-corrected chi connectivity index (χ0v) is 10.1. The Morgan fingerprint density at radius 2 is 1.93 bits per heavy atom. The molecule has 0 aliphatic carbocycles. The summed E-state index contributed by atoms with van der Waals surface area (Å²) in [6.45, 7) is 6.68. The summed E-state index contributed by atoms with van der Waals surface area (Å²) in [5.41, 5.74) is 3.11. The van der Waals surface area contributed by atoms with Gasteiger partial charge in [-0.2, -0.15) is 0 Å². The maximum atomic E-state index is 10.1. The van der Waals surface area contributed by atoms with E-state index in [1.54, 1.807) is 0 Å². The fourth-order valence-corrected chi connectivity index (χ4v) is 1.80. The average Bonchev–Trinajstić information content (AvgIpc) is 2.10. The molecule has 0 saturated heterocycles. The molecule has 0 spiro atoms. The maximum absolute atomic E-state index is 10.1. The zero-order chi connectivity index (χ0) is 11.5. The van der Waals surface area contributed by atoms with Crippen molar-refractivity contribution in [1.82, 2.24) is 5.32 Å². The van der Waals surface area contributed by atoms with Crippen LogP contribution in [0.25, 0.3) is 0 Å². The summed E-state index contributed by atoms with van der Waals surface area (Å²) in [6, 6.07) is 6.35. The Bertz CT molecular complexity index is 331. The quantitative estimate of drug-likeness (QED) is 0.789. The van der Waals surface area contributed by atoms with E-state index >= 15 is 0 Å². The van der Waals surface area contributed by atoms with E-state index in [1.165, 1.54) is 16.7 Å². The molecule has 1 aromatic rings. The second-order valence-corrected chi connectivity index (χ2v) is 4.62. The molecule has 2 N–H and O–H groups in total. The SMILES string of the molecule is CNCC(C)(O)Cc1ccc(C)c(C)c1. The molecule has 1 rings (SSSR count). The van der Waals surface area contributed by atoms with Gasteiger partial charge in [0.05, 0.1) is 5.60 Å². The lowest BCUT2D eigenvalue weighted by Crippen LogP contribution is -2.38. The van der Waals surface area contributed by atoms with Gasteiger partial charge in [0, 0.05) is 13.0 Å². The summed E-state index contributed by atoms with van der Waals surface area (Å²) < 4.78 is 0. The van der Waals surface area contributed by atoms with E-state index in [4.69, 9.17) is 0 Å². The summed E-state index contributed by atoms with van der Waals surface area (Å²) >= 11 is 0. The van der Waals surface area contributed by atoms with Crippen LogP contribution in [0.15, 0.2) is 18.2 Å². The van der Waals surface area contributed by atoms with Crippen LogP contribution in [0.2, 0.25) is 0 Å². The predicted molar refractivity (Wildman–Crippen MR) is 64.2 cm³/mol. The van der Waals surface area contributed by atoms with Crippen molar-refractivity contribution in [2.45, 2.75) is 32.8 Å². The molecule has 0 fully saturated rings. The first-order chi connectivity index (χ1) is 6.94. The minimum Gasteiger partial charge on any atom is -0.389 e. The average molecular weight is 207 g/mol. The Labute approximate surface area is 92.3 Å². The first kappa shape index (κ1) is 12.2. The summed E-state index contributed by atoms with van der Waals surface area (Å²) in [5.74, 6) is 0. The Morgan fingerprint density at radius 1 is 1.27 bits per heavy atom. The van der Waals surface area contributed by atoms with Crippen molar-refractivity contribution in [2.75, 3.05) is 13.6 Å². The first-order valence-electron chi connectivity index (χ1n) is 5.38. The van der Waals surface area contributed by atoms with Gasteiger partial charge in [0.25, 0.3) is 0 Å². The number of hydrogen-bond donors (Lipinski definition) is 2. The summed E-state index contributed by atoms with van der Waals surface area (Å²) in [5, 5.41) is 13.1. The van der Waals surface area contributed by atoms with Crippen molar-refractivity contribution in [1.29, 1.82) is 0 Å². The van der Waals surface area contributed by atoms with E-state index in [9.17, 15) is 5.11 Å². The highest BCUT2D eigenvalue weighted by atomic mass is 16.3. The van der Waals surface area contributed by atoms with Crippen LogP contribution in [-0.4, -0.2) is 24.3 Å². The van der Waals surface area contributed by atoms with Gasteiger partial charge in [0.1, 0.15) is 0 Å². The second-order valence-electron chi connectivity index (χ2n) is 4.62. The maximum Gasteiger partial charge on any atom is 0.0783 e. The van der Waals surface area contributed by atoms with Crippen LogP contribution >= 0.6 is 0 Å². The molecule has 0 aliphatic heterocycles. The third-order valence-electron chi connectivity index (χ3n) is 2.71. The molecule has 84 valence electrons. The standard InChI is InChI=1S/C13H21NO/c1-10-5-6-12(7-11(10)2)8-13(3,15)9-14-4/h5-7,14-15H,8-9H2,1-4H3. The van der Waals surface area contributed by atoms with Crippen molar-refractivity contribution in [2.24, 2.45) is 0 Å². The second kappa shape index (κ2) is 4.77. The molecule has 0 aliphatic rings. The lowest BCUT2D eigenvalue weighted by Gasteiger charge is -2.23. The molecule has 2 heteroatoms. The molecule has 0 aromatic heterocycles. The molecule has 15 heavy (non-hydrogen) atoms. The molecule has 0 radical (unpaired) electrons. The van der Waals surface area contributed by atoms with E-state index in [2.05, 4.69) is 37.4 Å². The molecule has 0 saturated carbocycles. The third kappa shape index (κ3) is 3.65. The third-order valence-corrected chi connectivity index (χ3v) is 2.71. The minimum absolute atomic E-state index is 0.611. The van der Waals surface area contributed by atoms with E-state index in [1.807, 2.05) is 14.0 Å². The van der Waals surface area contributed by atoms with Crippen molar-refractivity contribution in [3.05, 3.63) is 34.9 Å². The summed E-state index contributed by atoms with van der Waals surface area (Å²) in [7, 11) is 1.86. The van der Waals surface area contributed by atoms with Gasteiger partial charge in [-0.1, -0.05) is 18.2 Å². The van der Waals surface area contributed by atoms with Gasteiger partial charge in [-0.15, -0.1) is 0 Å². The van der Waals surface area contributed by atoms with Crippen LogP contribution in [0.1, 0.15) is 23.6 Å². The number of likely N-dealkylation sites (N-methyl/N-ethyl adjacent to an activating group) is 1. The summed E-state index contributed by atoms with van der Waals surface area (Å²) in [4.78, 5) is 0. The smallest absolute Gasteiger partial charge is 0.0783 e. The van der Waals surface area contributed by atoms with E-state index < -0.39 is 5.60 Å². The highest BCUT2D eigenvalue weighted by molar-refractivity contribution is 5.30. The predicted octanol–water partition coefficient (Wildman–Crippen LogP) is 1.82. The van der Waals surface area contributed by atoms with E-state index in [-0.39, 0.29) is 0 Å². The number of hydrogen-bond acceptors (Lipinski definition) is 2. The first-order valence-corrected chi connectivity index (χ1v) is 5.38. The van der Waals surface area contributed by atoms with Crippen LogP contribution in [-0.2, 0) is 6.42 Å². The molecule has 1 aromatic carbocycles. The highest BCUT2D eigenvalue weighted by Crippen LogP contribution is 2.15. The van der Waals surface area contributed by atoms with Crippen LogP contribution in [0.3, 0.4) is 0 Å². The van der Waals surface area contributed by atoms with Gasteiger partial charge in [-0.25, -0.2) is 0 Å². The van der Waals surface area contributed by atoms with Crippen molar-refractivity contribution in [3.63, 3.8) is 0 Å². The monoisotopic (exact) mass is 207 g/mol.